The molecule has 1 N–H and O–H groups in total. The standard InChI is InChI=1S/C18H17N3O3S/c1-23-12-11-16-20-18(25-21-16)24-15-9-7-13(8-10-15)17(22)19-14-5-3-2-4-6-14/h2-10H,11-12H2,1H3,(H,19,22). The maximum atomic E-state index is 12.2. The number of anilines is 1. The molecule has 0 fully saturated rings. The van der Waals surface area contributed by atoms with E-state index in [-0.39, 0.29) is 5.91 Å². The second kappa shape index (κ2) is 8.36. The Morgan fingerprint density at radius 3 is 2.60 bits per heavy atom. The Balaban J connectivity index is 1.60. The van der Waals surface area contributed by atoms with Gasteiger partial charge in [0.1, 0.15) is 11.6 Å². The molecule has 0 spiro atoms. The Bertz CT molecular complexity index is 819. The van der Waals surface area contributed by atoms with Gasteiger partial charge in [0, 0.05) is 36.3 Å². The lowest BCUT2D eigenvalue weighted by molar-refractivity contribution is 0.102. The molecule has 1 amide bonds. The van der Waals surface area contributed by atoms with Gasteiger partial charge in [-0.1, -0.05) is 18.2 Å². The molecule has 7 heteroatoms. The second-order valence-corrected chi connectivity index (χ2v) is 5.88. The van der Waals surface area contributed by atoms with Gasteiger partial charge in [0.2, 0.25) is 0 Å². The summed E-state index contributed by atoms with van der Waals surface area (Å²) in [5.41, 5.74) is 1.31. The van der Waals surface area contributed by atoms with Gasteiger partial charge in [-0.2, -0.15) is 9.36 Å². The number of methoxy groups -OCH3 is 1. The minimum atomic E-state index is -0.171. The molecule has 0 radical (unpaired) electrons. The van der Waals surface area contributed by atoms with Crippen LogP contribution in [0.1, 0.15) is 16.2 Å². The van der Waals surface area contributed by atoms with Crippen LogP contribution >= 0.6 is 11.5 Å². The van der Waals surface area contributed by atoms with Crippen molar-refractivity contribution < 1.29 is 14.3 Å². The number of hydrogen-bond acceptors (Lipinski definition) is 6. The zero-order chi connectivity index (χ0) is 17.5. The fourth-order valence-electron chi connectivity index (χ4n) is 2.07. The molecule has 2 aromatic carbocycles. The monoisotopic (exact) mass is 355 g/mol. The average molecular weight is 355 g/mol. The number of nitrogens with one attached hydrogen (secondary N) is 1. The van der Waals surface area contributed by atoms with Crippen LogP contribution in [-0.4, -0.2) is 29.0 Å². The number of ether oxygens (including phenoxy) is 2. The Morgan fingerprint density at radius 2 is 1.88 bits per heavy atom. The molecule has 0 aliphatic carbocycles. The quantitative estimate of drug-likeness (QED) is 0.698. The highest BCUT2D eigenvalue weighted by molar-refractivity contribution is 7.07. The van der Waals surface area contributed by atoms with Crippen molar-refractivity contribution >= 4 is 23.1 Å². The van der Waals surface area contributed by atoms with E-state index in [2.05, 4.69) is 14.7 Å². The zero-order valence-corrected chi connectivity index (χ0v) is 14.5. The third kappa shape index (κ3) is 4.85. The summed E-state index contributed by atoms with van der Waals surface area (Å²) in [5.74, 6) is 1.13. The van der Waals surface area contributed by atoms with Crippen molar-refractivity contribution in [2.75, 3.05) is 19.0 Å². The molecule has 0 unspecified atom stereocenters. The van der Waals surface area contributed by atoms with Gasteiger partial charge in [-0.05, 0) is 36.4 Å². The largest absolute Gasteiger partial charge is 0.430 e. The molecule has 0 aliphatic heterocycles. The van der Waals surface area contributed by atoms with E-state index in [4.69, 9.17) is 9.47 Å². The zero-order valence-electron chi connectivity index (χ0n) is 13.6. The van der Waals surface area contributed by atoms with E-state index in [0.717, 1.165) is 5.69 Å². The van der Waals surface area contributed by atoms with Gasteiger partial charge in [0.05, 0.1) is 6.61 Å². The molecule has 1 aromatic heterocycles. The number of carbonyl (C=O) groups excluding carboxylic acids is 1. The van der Waals surface area contributed by atoms with Crippen LogP contribution in [0.5, 0.6) is 10.9 Å². The number of benzene rings is 2. The average Bonchev–Trinajstić information content (AvgIpc) is 3.08. The van der Waals surface area contributed by atoms with E-state index in [1.165, 1.54) is 11.5 Å². The van der Waals surface area contributed by atoms with E-state index in [1.807, 2.05) is 30.3 Å². The third-order valence-electron chi connectivity index (χ3n) is 3.33. The Morgan fingerprint density at radius 1 is 1.12 bits per heavy atom. The van der Waals surface area contributed by atoms with Crippen LogP contribution in [0.25, 0.3) is 0 Å². The molecule has 1 heterocycles. The van der Waals surface area contributed by atoms with Crippen molar-refractivity contribution in [1.82, 2.24) is 9.36 Å². The normalized spacial score (nSPS) is 10.4. The number of rotatable bonds is 7. The summed E-state index contributed by atoms with van der Waals surface area (Å²) in [7, 11) is 1.64. The highest BCUT2D eigenvalue weighted by Crippen LogP contribution is 2.23. The molecule has 0 bridgehead atoms. The maximum Gasteiger partial charge on any atom is 0.298 e. The number of amides is 1. The van der Waals surface area contributed by atoms with Crippen molar-refractivity contribution in [3.8, 4) is 10.9 Å². The van der Waals surface area contributed by atoms with Crippen LogP contribution in [0.4, 0.5) is 5.69 Å². The van der Waals surface area contributed by atoms with Gasteiger partial charge in [0.15, 0.2) is 0 Å². The third-order valence-corrected chi connectivity index (χ3v) is 3.97. The summed E-state index contributed by atoms with van der Waals surface area (Å²) >= 11 is 1.19. The summed E-state index contributed by atoms with van der Waals surface area (Å²) in [5, 5.41) is 3.30. The molecular weight excluding hydrogens is 338 g/mol. The van der Waals surface area contributed by atoms with Crippen LogP contribution in [0.2, 0.25) is 0 Å². The van der Waals surface area contributed by atoms with Gasteiger partial charge in [-0.15, -0.1) is 0 Å². The summed E-state index contributed by atoms with van der Waals surface area (Å²) in [6, 6.07) is 16.2. The minimum Gasteiger partial charge on any atom is -0.430 e. The molecule has 0 atom stereocenters. The first-order chi connectivity index (χ1) is 12.2. The number of para-hydroxylation sites is 1. The van der Waals surface area contributed by atoms with E-state index in [9.17, 15) is 4.79 Å². The summed E-state index contributed by atoms with van der Waals surface area (Å²) in [6.07, 6.45) is 0.648. The highest BCUT2D eigenvalue weighted by atomic mass is 32.1. The Kier molecular flexibility index (Phi) is 5.71. The molecule has 3 aromatic rings. The topological polar surface area (TPSA) is 73.3 Å². The van der Waals surface area contributed by atoms with Crippen LogP contribution in [0.15, 0.2) is 54.6 Å². The number of hydrogen-bond donors (Lipinski definition) is 1. The predicted octanol–water partition coefficient (Wildman–Crippen LogP) is 3.77. The second-order valence-electron chi connectivity index (χ2n) is 5.17. The maximum absolute atomic E-state index is 12.2. The minimum absolute atomic E-state index is 0.171. The van der Waals surface area contributed by atoms with Crippen LogP contribution < -0.4 is 10.1 Å². The SMILES string of the molecule is COCCc1nsc(Oc2ccc(C(=O)Nc3ccccc3)cc2)n1. The molecule has 3 rings (SSSR count). The lowest BCUT2D eigenvalue weighted by atomic mass is 10.2. The van der Waals surface area contributed by atoms with Crippen LogP contribution in [0.3, 0.4) is 0 Å². The first kappa shape index (κ1) is 17.1. The number of aromatic nitrogens is 2. The number of carbonyl (C=O) groups is 1. The fourth-order valence-corrected chi connectivity index (χ4v) is 2.67. The highest BCUT2D eigenvalue weighted by Gasteiger charge is 2.09. The lowest BCUT2D eigenvalue weighted by Crippen LogP contribution is -2.11. The smallest absolute Gasteiger partial charge is 0.298 e. The summed E-state index contributed by atoms with van der Waals surface area (Å²) in [4.78, 5) is 16.5. The van der Waals surface area contributed by atoms with Gasteiger partial charge in [0.25, 0.3) is 11.1 Å². The molecule has 128 valence electrons. The predicted molar refractivity (Wildman–Crippen MR) is 96.4 cm³/mol. The molecule has 0 aliphatic rings. The summed E-state index contributed by atoms with van der Waals surface area (Å²) in [6.45, 7) is 0.571. The van der Waals surface area contributed by atoms with Crippen molar-refractivity contribution in [3.63, 3.8) is 0 Å². The molecule has 25 heavy (non-hydrogen) atoms. The molecule has 6 nitrogen and oxygen atoms in total. The van der Waals surface area contributed by atoms with Crippen molar-refractivity contribution in [2.24, 2.45) is 0 Å². The van der Waals surface area contributed by atoms with E-state index in [0.29, 0.717) is 35.4 Å². The van der Waals surface area contributed by atoms with Crippen LogP contribution in [-0.2, 0) is 11.2 Å². The molecule has 0 saturated heterocycles. The first-order valence-electron chi connectivity index (χ1n) is 7.70. The first-order valence-corrected chi connectivity index (χ1v) is 8.48. The summed E-state index contributed by atoms with van der Waals surface area (Å²) < 4.78 is 14.9. The Hall–Kier alpha value is -2.77. The fraction of sp³-hybridized carbons (Fsp3) is 0.167. The number of nitrogens with zero attached hydrogens (tertiary/aromatic N) is 2. The van der Waals surface area contributed by atoms with E-state index < -0.39 is 0 Å². The van der Waals surface area contributed by atoms with Crippen molar-refractivity contribution in [1.29, 1.82) is 0 Å². The van der Waals surface area contributed by atoms with E-state index in [1.54, 1.807) is 31.4 Å². The van der Waals surface area contributed by atoms with Gasteiger partial charge in [-0.25, -0.2) is 0 Å². The Labute approximate surface area is 149 Å². The molecule has 0 saturated carbocycles. The van der Waals surface area contributed by atoms with E-state index >= 15 is 0 Å². The van der Waals surface area contributed by atoms with Gasteiger partial charge < -0.3 is 14.8 Å². The molecular formula is C18H17N3O3S. The lowest BCUT2D eigenvalue weighted by Gasteiger charge is -2.06. The van der Waals surface area contributed by atoms with Crippen molar-refractivity contribution in [3.05, 3.63) is 66.0 Å². The van der Waals surface area contributed by atoms with Gasteiger partial charge >= 0.3 is 0 Å². The van der Waals surface area contributed by atoms with Gasteiger partial charge in [-0.3, -0.25) is 4.79 Å². The van der Waals surface area contributed by atoms with Crippen LogP contribution in [0, 0.1) is 0 Å². The van der Waals surface area contributed by atoms with Crippen molar-refractivity contribution in [2.45, 2.75) is 6.42 Å².